The fourth-order valence-electron chi connectivity index (χ4n) is 1.13. The van der Waals surface area contributed by atoms with Crippen LogP contribution in [0.4, 0.5) is 0 Å². The molecule has 0 spiro atoms. The quantitative estimate of drug-likeness (QED) is 0.642. The molecule has 0 aliphatic rings. The van der Waals surface area contributed by atoms with Crippen molar-refractivity contribution in [3.63, 3.8) is 0 Å². The highest BCUT2D eigenvalue weighted by Crippen LogP contribution is 2.13. The van der Waals surface area contributed by atoms with E-state index in [1.54, 1.807) is 11.3 Å². The van der Waals surface area contributed by atoms with Crippen molar-refractivity contribution in [3.05, 3.63) is 21.9 Å². The molecule has 1 rings (SSSR count). The van der Waals surface area contributed by atoms with Gasteiger partial charge in [-0.2, -0.15) is 0 Å². The maximum Gasteiger partial charge on any atom is 0.140 e. The molecular formula is C10H18NO2S+. The lowest BCUT2D eigenvalue weighted by molar-refractivity contribution is -0.741. The van der Waals surface area contributed by atoms with E-state index in [2.05, 4.69) is 18.4 Å². The molecule has 4 heteroatoms. The first-order valence-corrected chi connectivity index (χ1v) is 5.58. The number of quaternary nitrogens is 1. The van der Waals surface area contributed by atoms with Gasteiger partial charge in [-0.05, 0) is 30.9 Å². The first kappa shape index (κ1) is 11.7. The Bertz CT molecular complexity index is 281. The van der Waals surface area contributed by atoms with Gasteiger partial charge in [0.05, 0.1) is 18.1 Å². The van der Waals surface area contributed by atoms with Crippen LogP contribution in [0.2, 0.25) is 0 Å². The Kier molecular flexibility index (Phi) is 4.07. The smallest absolute Gasteiger partial charge is 0.140 e. The molecule has 0 bridgehead atoms. The number of nitrogens with two attached hydrogens (primary N) is 1. The van der Waals surface area contributed by atoms with Crippen molar-refractivity contribution in [2.75, 3.05) is 13.2 Å². The predicted octanol–water partition coefficient (Wildman–Crippen LogP) is -0.137. The maximum absolute atomic E-state index is 9.10. The summed E-state index contributed by atoms with van der Waals surface area (Å²) in [7, 11) is 0. The summed E-state index contributed by atoms with van der Waals surface area (Å²) < 4.78 is 0. The Morgan fingerprint density at radius 2 is 2.07 bits per heavy atom. The second kappa shape index (κ2) is 4.89. The molecule has 0 aromatic carbocycles. The standard InChI is InChI=1S/C10H17NO2S/c1-8-3-4-14-9(8)5-11-10(2,6-12)7-13/h3-4,11-13H,5-7H2,1-2H3/p+1. The van der Waals surface area contributed by atoms with Gasteiger partial charge >= 0.3 is 0 Å². The number of hydrogen-bond acceptors (Lipinski definition) is 3. The molecule has 0 atom stereocenters. The van der Waals surface area contributed by atoms with E-state index in [0.29, 0.717) is 0 Å². The van der Waals surface area contributed by atoms with Crippen LogP contribution in [-0.2, 0) is 6.54 Å². The van der Waals surface area contributed by atoms with Gasteiger partial charge in [-0.3, -0.25) is 0 Å². The maximum atomic E-state index is 9.10. The third-order valence-corrected chi connectivity index (χ3v) is 3.52. The zero-order valence-electron chi connectivity index (χ0n) is 8.66. The highest BCUT2D eigenvalue weighted by atomic mass is 32.1. The van der Waals surface area contributed by atoms with Gasteiger partial charge in [0.2, 0.25) is 0 Å². The number of aliphatic hydroxyl groups excluding tert-OH is 2. The topological polar surface area (TPSA) is 57.1 Å². The summed E-state index contributed by atoms with van der Waals surface area (Å²) in [5.41, 5.74) is 0.820. The molecule has 0 amide bonds. The van der Waals surface area contributed by atoms with E-state index in [-0.39, 0.29) is 13.2 Å². The van der Waals surface area contributed by atoms with E-state index < -0.39 is 5.54 Å². The molecule has 0 aliphatic carbocycles. The lowest BCUT2D eigenvalue weighted by atomic mass is 10.1. The van der Waals surface area contributed by atoms with Crippen molar-refractivity contribution in [2.24, 2.45) is 0 Å². The first-order valence-electron chi connectivity index (χ1n) is 4.70. The normalized spacial score (nSPS) is 12.0. The average Bonchev–Trinajstić information content (AvgIpc) is 2.61. The van der Waals surface area contributed by atoms with E-state index in [1.165, 1.54) is 10.4 Å². The van der Waals surface area contributed by atoms with Crippen molar-refractivity contribution >= 4 is 11.3 Å². The van der Waals surface area contributed by atoms with Crippen molar-refractivity contribution < 1.29 is 15.5 Å². The second-order valence-corrected chi connectivity index (χ2v) is 4.91. The van der Waals surface area contributed by atoms with Crippen LogP contribution in [0.15, 0.2) is 11.4 Å². The third kappa shape index (κ3) is 2.78. The Labute approximate surface area is 88.4 Å². The summed E-state index contributed by atoms with van der Waals surface area (Å²) in [6, 6.07) is 2.09. The summed E-state index contributed by atoms with van der Waals surface area (Å²) in [4.78, 5) is 1.30. The van der Waals surface area contributed by atoms with E-state index in [0.717, 1.165) is 6.54 Å². The van der Waals surface area contributed by atoms with Gasteiger partial charge in [0.25, 0.3) is 0 Å². The van der Waals surface area contributed by atoms with E-state index in [9.17, 15) is 0 Å². The van der Waals surface area contributed by atoms with Gasteiger partial charge in [-0.1, -0.05) is 0 Å². The fourth-order valence-corrected chi connectivity index (χ4v) is 2.00. The van der Waals surface area contributed by atoms with Crippen LogP contribution in [0.5, 0.6) is 0 Å². The Morgan fingerprint density at radius 1 is 1.43 bits per heavy atom. The molecule has 1 aromatic heterocycles. The van der Waals surface area contributed by atoms with Crippen molar-refractivity contribution in [1.29, 1.82) is 0 Å². The van der Waals surface area contributed by atoms with Gasteiger partial charge in [0, 0.05) is 0 Å². The van der Waals surface area contributed by atoms with Crippen LogP contribution in [0.25, 0.3) is 0 Å². The third-order valence-electron chi connectivity index (χ3n) is 2.47. The molecule has 0 saturated carbocycles. The zero-order chi connectivity index (χ0) is 10.6. The molecule has 0 unspecified atom stereocenters. The molecular weight excluding hydrogens is 198 g/mol. The number of aliphatic hydroxyl groups is 2. The molecule has 80 valence electrons. The van der Waals surface area contributed by atoms with Crippen LogP contribution in [-0.4, -0.2) is 29.0 Å². The largest absolute Gasteiger partial charge is 0.390 e. The van der Waals surface area contributed by atoms with Gasteiger partial charge in [-0.15, -0.1) is 11.3 Å². The monoisotopic (exact) mass is 216 g/mol. The average molecular weight is 216 g/mol. The first-order chi connectivity index (χ1) is 6.61. The van der Waals surface area contributed by atoms with Crippen molar-refractivity contribution in [3.8, 4) is 0 Å². The van der Waals surface area contributed by atoms with Gasteiger partial charge in [0.1, 0.15) is 12.1 Å². The van der Waals surface area contributed by atoms with Crippen LogP contribution in [0.3, 0.4) is 0 Å². The van der Waals surface area contributed by atoms with Crippen molar-refractivity contribution in [2.45, 2.75) is 25.9 Å². The Balaban J connectivity index is 2.52. The molecule has 0 fully saturated rings. The molecule has 1 aromatic rings. The molecule has 0 aliphatic heterocycles. The van der Waals surface area contributed by atoms with E-state index >= 15 is 0 Å². The highest BCUT2D eigenvalue weighted by molar-refractivity contribution is 7.10. The van der Waals surface area contributed by atoms with E-state index in [4.69, 9.17) is 10.2 Å². The molecule has 1 heterocycles. The lowest BCUT2D eigenvalue weighted by Crippen LogP contribution is -2.97. The molecule has 14 heavy (non-hydrogen) atoms. The fraction of sp³-hybridized carbons (Fsp3) is 0.600. The zero-order valence-corrected chi connectivity index (χ0v) is 9.47. The summed E-state index contributed by atoms with van der Waals surface area (Å²) in [5.74, 6) is 0. The lowest BCUT2D eigenvalue weighted by Gasteiger charge is -2.22. The minimum atomic E-state index is -0.462. The van der Waals surface area contributed by atoms with Crippen LogP contribution in [0.1, 0.15) is 17.4 Å². The Hall–Kier alpha value is -0.420. The molecule has 0 saturated heterocycles. The minimum absolute atomic E-state index is 0.00603. The van der Waals surface area contributed by atoms with Gasteiger partial charge in [0.15, 0.2) is 0 Å². The Morgan fingerprint density at radius 3 is 2.50 bits per heavy atom. The molecule has 3 nitrogen and oxygen atoms in total. The SMILES string of the molecule is Cc1ccsc1C[NH2+]C(C)(CO)CO. The number of hydrogen-bond donors (Lipinski definition) is 3. The van der Waals surface area contributed by atoms with Crippen molar-refractivity contribution in [1.82, 2.24) is 0 Å². The van der Waals surface area contributed by atoms with Crippen LogP contribution in [0, 0.1) is 6.92 Å². The van der Waals surface area contributed by atoms with E-state index in [1.807, 2.05) is 12.2 Å². The predicted molar refractivity (Wildman–Crippen MR) is 57.3 cm³/mol. The van der Waals surface area contributed by atoms with Gasteiger partial charge in [-0.25, -0.2) is 0 Å². The summed E-state index contributed by atoms with van der Waals surface area (Å²) >= 11 is 1.72. The van der Waals surface area contributed by atoms with Gasteiger partial charge < -0.3 is 15.5 Å². The molecule has 4 N–H and O–H groups in total. The number of aryl methyl sites for hydroxylation is 1. The number of rotatable bonds is 5. The second-order valence-electron chi connectivity index (χ2n) is 3.91. The summed E-state index contributed by atoms with van der Waals surface area (Å²) in [6.07, 6.45) is 0. The number of thiophene rings is 1. The minimum Gasteiger partial charge on any atom is -0.390 e. The molecule has 0 radical (unpaired) electrons. The highest BCUT2D eigenvalue weighted by Gasteiger charge is 2.25. The van der Waals surface area contributed by atoms with Crippen LogP contribution < -0.4 is 5.32 Å². The van der Waals surface area contributed by atoms with Crippen LogP contribution >= 0.6 is 11.3 Å². The summed E-state index contributed by atoms with van der Waals surface area (Å²) in [5, 5.41) is 22.2. The summed E-state index contributed by atoms with van der Waals surface area (Å²) in [6.45, 7) is 4.74.